The molecule has 0 fully saturated rings. The maximum Gasteiger partial charge on any atom is 0.260 e. The molecule has 114 valence electrons. The average molecular weight is 288 g/mol. The molecule has 0 amide bonds. The molecule has 0 saturated heterocycles. The van der Waals surface area contributed by atoms with Gasteiger partial charge in [-0.25, -0.2) is 4.98 Å². The normalized spacial score (nSPS) is 13.0. The molecule has 1 atom stereocenters. The molecular weight excluding hydrogens is 264 g/mol. The van der Waals surface area contributed by atoms with Gasteiger partial charge in [-0.05, 0) is 38.6 Å². The molecule has 2 N–H and O–H groups in total. The fourth-order valence-electron chi connectivity index (χ4n) is 2.41. The van der Waals surface area contributed by atoms with E-state index in [0.29, 0.717) is 28.8 Å². The molecule has 0 aliphatic rings. The number of aromatic amines is 1. The minimum atomic E-state index is -0.103. The molecule has 5 heteroatoms. The van der Waals surface area contributed by atoms with Crippen molar-refractivity contribution in [3.05, 3.63) is 34.6 Å². The molecule has 1 heterocycles. The summed E-state index contributed by atoms with van der Waals surface area (Å²) in [5.41, 5.74) is 0.613. The second-order valence-corrected chi connectivity index (χ2v) is 6.06. The van der Waals surface area contributed by atoms with Gasteiger partial charge in [0.25, 0.3) is 5.56 Å². The molecule has 0 spiro atoms. The Kier molecular flexibility index (Phi) is 4.96. The van der Waals surface area contributed by atoms with E-state index in [4.69, 9.17) is 0 Å². The molecule has 2 aromatic rings. The Morgan fingerprint density at radius 2 is 2.00 bits per heavy atom. The lowest BCUT2D eigenvalue weighted by Crippen LogP contribution is -2.36. The molecule has 0 radical (unpaired) electrons. The first kappa shape index (κ1) is 15.5. The second kappa shape index (κ2) is 6.72. The van der Waals surface area contributed by atoms with E-state index in [-0.39, 0.29) is 5.56 Å². The summed E-state index contributed by atoms with van der Waals surface area (Å²) in [6.45, 7) is 5.19. The second-order valence-electron chi connectivity index (χ2n) is 6.06. The van der Waals surface area contributed by atoms with Gasteiger partial charge in [-0.2, -0.15) is 0 Å². The Morgan fingerprint density at radius 3 is 2.67 bits per heavy atom. The standard InChI is InChI=1S/C16H24N4O/c1-11(2)9-12(20(3)4)10-17-16-18-14-8-6-5-7-13(14)15(21)19-16/h5-8,11-12H,9-10H2,1-4H3,(H2,17,18,19,21)/t12-/m0/s1. The van der Waals surface area contributed by atoms with E-state index in [2.05, 4.69) is 48.1 Å². The maximum absolute atomic E-state index is 12.0. The predicted molar refractivity (Wildman–Crippen MR) is 87.8 cm³/mol. The van der Waals surface area contributed by atoms with E-state index < -0.39 is 0 Å². The van der Waals surface area contributed by atoms with Crippen molar-refractivity contribution in [3.63, 3.8) is 0 Å². The molecular formula is C16H24N4O. The van der Waals surface area contributed by atoms with Gasteiger partial charge in [-0.3, -0.25) is 9.78 Å². The number of nitrogens with one attached hydrogen (secondary N) is 2. The molecule has 0 bridgehead atoms. The fourth-order valence-corrected chi connectivity index (χ4v) is 2.41. The van der Waals surface area contributed by atoms with Gasteiger partial charge in [0, 0.05) is 12.6 Å². The van der Waals surface area contributed by atoms with Crippen LogP contribution in [0.15, 0.2) is 29.1 Å². The number of hydrogen-bond donors (Lipinski definition) is 2. The van der Waals surface area contributed by atoms with Crippen molar-refractivity contribution in [1.29, 1.82) is 0 Å². The van der Waals surface area contributed by atoms with Crippen LogP contribution in [0.5, 0.6) is 0 Å². The zero-order valence-corrected chi connectivity index (χ0v) is 13.2. The lowest BCUT2D eigenvalue weighted by atomic mass is 10.0. The number of benzene rings is 1. The summed E-state index contributed by atoms with van der Waals surface area (Å²) in [4.78, 5) is 21.5. The van der Waals surface area contributed by atoms with Crippen molar-refractivity contribution >= 4 is 16.9 Å². The third-order valence-corrected chi connectivity index (χ3v) is 3.59. The van der Waals surface area contributed by atoms with Crippen LogP contribution in [0.25, 0.3) is 10.9 Å². The van der Waals surface area contributed by atoms with Gasteiger partial charge >= 0.3 is 0 Å². The summed E-state index contributed by atoms with van der Waals surface area (Å²) in [7, 11) is 4.15. The van der Waals surface area contributed by atoms with E-state index in [1.807, 2.05) is 18.2 Å². The summed E-state index contributed by atoms with van der Waals surface area (Å²) < 4.78 is 0. The van der Waals surface area contributed by atoms with Gasteiger partial charge in [0.2, 0.25) is 5.95 Å². The van der Waals surface area contributed by atoms with Crippen molar-refractivity contribution in [2.24, 2.45) is 5.92 Å². The Bertz CT molecular complexity index is 648. The molecule has 1 aromatic heterocycles. The third-order valence-electron chi connectivity index (χ3n) is 3.59. The van der Waals surface area contributed by atoms with Crippen LogP contribution in [0.3, 0.4) is 0 Å². The highest BCUT2D eigenvalue weighted by molar-refractivity contribution is 5.78. The van der Waals surface area contributed by atoms with Gasteiger partial charge in [-0.15, -0.1) is 0 Å². The Hall–Kier alpha value is -1.88. The minimum absolute atomic E-state index is 0.103. The number of nitrogens with zero attached hydrogens (tertiary/aromatic N) is 2. The first-order valence-electron chi connectivity index (χ1n) is 7.36. The minimum Gasteiger partial charge on any atom is -0.354 e. The predicted octanol–water partition coefficient (Wildman–Crippen LogP) is 2.31. The highest BCUT2D eigenvalue weighted by atomic mass is 16.1. The summed E-state index contributed by atoms with van der Waals surface area (Å²) >= 11 is 0. The number of fused-ring (bicyclic) bond motifs is 1. The number of likely N-dealkylation sites (N-methyl/N-ethyl adjacent to an activating group) is 1. The SMILES string of the molecule is CC(C)C[C@@H](CNc1nc2ccccc2c(=O)[nH]1)N(C)C. The molecule has 2 rings (SSSR count). The molecule has 5 nitrogen and oxygen atoms in total. The van der Waals surface area contributed by atoms with Gasteiger partial charge in [0.15, 0.2) is 0 Å². The fraction of sp³-hybridized carbons (Fsp3) is 0.500. The lowest BCUT2D eigenvalue weighted by molar-refractivity contribution is 0.265. The topological polar surface area (TPSA) is 61.0 Å². The number of aromatic nitrogens is 2. The number of anilines is 1. The van der Waals surface area contributed by atoms with Crippen LogP contribution >= 0.6 is 0 Å². The van der Waals surface area contributed by atoms with Crippen LogP contribution in [-0.2, 0) is 0 Å². The van der Waals surface area contributed by atoms with E-state index in [0.717, 1.165) is 13.0 Å². The number of H-pyrrole nitrogens is 1. The first-order chi connectivity index (χ1) is 9.97. The van der Waals surface area contributed by atoms with Crippen molar-refractivity contribution in [2.45, 2.75) is 26.3 Å². The summed E-state index contributed by atoms with van der Waals surface area (Å²) in [5.74, 6) is 1.16. The molecule has 0 saturated carbocycles. The van der Waals surface area contributed by atoms with Crippen LogP contribution < -0.4 is 10.9 Å². The highest BCUT2D eigenvalue weighted by Gasteiger charge is 2.13. The Balaban J connectivity index is 2.14. The molecule has 0 unspecified atom stereocenters. The zero-order chi connectivity index (χ0) is 15.4. The first-order valence-corrected chi connectivity index (χ1v) is 7.36. The van der Waals surface area contributed by atoms with Crippen LogP contribution in [0, 0.1) is 5.92 Å². The Labute approximate surface area is 125 Å². The van der Waals surface area contributed by atoms with Gasteiger partial charge in [0.05, 0.1) is 10.9 Å². The molecule has 1 aromatic carbocycles. The zero-order valence-electron chi connectivity index (χ0n) is 13.2. The quantitative estimate of drug-likeness (QED) is 0.856. The van der Waals surface area contributed by atoms with E-state index in [1.54, 1.807) is 6.07 Å². The van der Waals surface area contributed by atoms with E-state index in [9.17, 15) is 4.79 Å². The van der Waals surface area contributed by atoms with Crippen LogP contribution in [0.2, 0.25) is 0 Å². The van der Waals surface area contributed by atoms with Crippen molar-refractivity contribution < 1.29 is 0 Å². The average Bonchev–Trinajstić information content (AvgIpc) is 2.43. The van der Waals surface area contributed by atoms with Crippen molar-refractivity contribution in [1.82, 2.24) is 14.9 Å². The lowest BCUT2D eigenvalue weighted by Gasteiger charge is -2.26. The highest BCUT2D eigenvalue weighted by Crippen LogP contribution is 2.11. The summed E-state index contributed by atoms with van der Waals surface area (Å²) in [6, 6.07) is 7.78. The van der Waals surface area contributed by atoms with Gasteiger partial charge < -0.3 is 10.2 Å². The molecule has 0 aliphatic heterocycles. The Morgan fingerprint density at radius 1 is 1.29 bits per heavy atom. The number of para-hydroxylation sites is 1. The maximum atomic E-state index is 12.0. The van der Waals surface area contributed by atoms with Crippen LogP contribution in [0.1, 0.15) is 20.3 Å². The van der Waals surface area contributed by atoms with Crippen LogP contribution in [-0.4, -0.2) is 41.5 Å². The molecule has 21 heavy (non-hydrogen) atoms. The van der Waals surface area contributed by atoms with Crippen molar-refractivity contribution in [2.75, 3.05) is 26.0 Å². The van der Waals surface area contributed by atoms with Gasteiger partial charge in [0.1, 0.15) is 0 Å². The van der Waals surface area contributed by atoms with Crippen molar-refractivity contribution in [3.8, 4) is 0 Å². The van der Waals surface area contributed by atoms with E-state index >= 15 is 0 Å². The van der Waals surface area contributed by atoms with Gasteiger partial charge in [-0.1, -0.05) is 26.0 Å². The summed E-state index contributed by atoms with van der Waals surface area (Å²) in [6.07, 6.45) is 1.10. The smallest absolute Gasteiger partial charge is 0.260 e. The molecule has 0 aliphatic carbocycles. The monoisotopic (exact) mass is 288 g/mol. The largest absolute Gasteiger partial charge is 0.354 e. The third kappa shape index (κ3) is 4.04. The number of rotatable bonds is 6. The van der Waals surface area contributed by atoms with E-state index in [1.165, 1.54) is 0 Å². The summed E-state index contributed by atoms with van der Waals surface area (Å²) in [5, 5.41) is 3.88. The van der Waals surface area contributed by atoms with Crippen LogP contribution in [0.4, 0.5) is 5.95 Å². The number of hydrogen-bond acceptors (Lipinski definition) is 4.